The standard InChI is InChI=1S/C15H15N5O2S/c1-15(2)5-20(6-15)11-8-3-10(23-13(8)18-7-17-11)9-4-16-14(22)19-12(9)21/h3-4,7H,5-6H2,1-2H3,(H2,16,19,21,22). The number of aromatic nitrogens is 4. The van der Waals surface area contributed by atoms with Crippen LogP contribution in [0.4, 0.5) is 5.82 Å². The molecule has 0 aromatic carbocycles. The summed E-state index contributed by atoms with van der Waals surface area (Å²) in [6.07, 6.45) is 2.99. The molecule has 0 radical (unpaired) electrons. The average molecular weight is 329 g/mol. The second kappa shape index (κ2) is 4.76. The number of hydrogen-bond donors (Lipinski definition) is 2. The fourth-order valence-electron chi connectivity index (χ4n) is 2.96. The Balaban J connectivity index is 1.82. The van der Waals surface area contributed by atoms with E-state index in [1.165, 1.54) is 17.5 Å². The van der Waals surface area contributed by atoms with Crippen LogP contribution in [0.3, 0.4) is 0 Å². The minimum atomic E-state index is -0.511. The van der Waals surface area contributed by atoms with Crippen LogP contribution in [0.25, 0.3) is 20.7 Å². The number of hydrogen-bond acceptors (Lipinski definition) is 6. The molecule has 2 N–H and O–H groups in total. The highest BCUT2D eigenvalue weighted by molar-refractivity contribution is 7.21. The van der Waals surface area contributed by atoms with E-state index in [-0.39, 0.29) is 0 Å². The minimum Gasteiger partial charge on any atom is -0.355 e. The van der Waals surface area contributed by atoms with Crippen LogP contribution in [0, 0.1) is 5.41 Å². The van der Waals surface area contributed by atoms with Crippen LogP contribution in [0.2, 0.25) is 0 Å². The molecule has 8 heteroatoms. The quantitative estimate of drug-likeness (QED) is 0.744. The molecule has 3 aromatic rings. The second-order valence-electron chi connectivity index (χ2n) is 6.53. The van der Waals surface area contributed by atoms with Crippen LogP contribution in [-0.4, -0.2) is 33.0 Å². The highest BCUT2D eigenvalue weighted by Crippen LogP contribution is 2.39. The van der Waals surface area contributed by atoms with Crippen molar-refractivity contribution in [1.29, 1.82) is 0 Å². The third kappa shape index (κ3) is 2.35. The number of nitrogens with zero attached hydrogens (tertiary/aromatic N) is 3. The molecule has 4 rings (SSSR count). The van der Waals surface area contributed by atoms with Crippen LogP contribution in [0.15, 0.2) is 28.2 Å². The molecule has 7 nitrogen and oxygen atoms in total. The zero-order valence-electron chi connectivity index (χ0n) is 12.7. The van der Waals surface area contributed by atoms with Crippen LogP contribution in [-0.2, 0) is 0 Å². The third-order valence-electron chi connectivity index (χ3n) is 3.93. The van der Waals surface area contributed by atoms with Gasteiger partial charge in [-0.3, -0.25) is 9.78 Å². The molecule has 0 aliphatic carbocycles. The Kier molecular flexibility index (Phi) is 2.92. The predicted molar refractivity (Wildman–Crippen MR) is 90.1 cm³/mol. The lowest BCUT2D eigenvalue weighted by atomic mass is 9.84. The van der Waals surface area contributed by atoms with E-state index in [4.69, 9.17) is 0 Å². The highest BCUT2D eigenvalue weighted by atomic mass is 32.1. The van der Waals surface area contributed by atoms with E-state index in [1.807, 2.05) is 6.07 Å². The molecule has 118 valence electrons. The van der Waals surface area contributed by atoms with E-state index in [0.29, 0.717) is 11.0 Å². The van der Waals surface area contributed by atoms with Crippen molar-refractivity contribution < 1.29 is 0 Å². The molecular formula is C15H15N5O2S. The van der Waals surface area contributed by atoms with Gasteiger partial charge >= 0.3 is 5.69 Å². The second-order valence-corrected chi connectivity index (χ2v) is 7.56. The van der Waals surface area contributed by atoms with Crippen molar-refractivity contribution in [3.05, 3.63) is 39.4 Å². The number of aromatic amines is 2. The van der Waals surface area contributed by atoms with Crippen molar-refractivity contribution in [3.63, 3.8) is 0 Å². The molecule has 0 atom stereocenters. The predicted octanol–water partition coefficient (Wildman–Crippen LogP) is 1.58. The van der Waals surface area contributed by atoms with Gasteiger partial charge in [0.2, 0.25) is 0 Å². The lowest BCUT2D eigenvalue weighted by Crippen LogP contribution is -2.53. The van der Waals surface area contributed by atoms with Crippen LogP contribution < -0.4 is 16.1 Å². The zero-order valence-corrected chi connectivity index (χ0v) is 13.5. The van der Waals surface area contributed by atoms with Crippen LogP contribution in [0.5, 0.6) is 0 Å². The Hall–Kier alpha value is -2.48. The van der Waals surface area contributed by atoms with Gasteiger partial charge in [-0.15, -0.1) is 11.3 Å². The first-order chi connectivity index (χ1) is 10.9. The number of anilines is 1. The summed E-state index contributed by atoms with van der Waals surface area (Å²) in [4.78, 5) is 40.4. The Morgan fingerprint density at radius 3 is 2.74 bits per heavy atom. The number of nitrogens with one attached hydrogen (secondary N) is 2. The summed E-state index contributed by atoms with van der Waals surface area (Å²) in [6, 6.07) is 1.92. The van der Waals surface area contributed by atoms with Gasteiger partial charge in [-0.25, -0.2) is 14.8 Å². The number of H-pyrrole nitrogens is 2. The normalized spacial score (nSPS) is 16.5. The molecule has 0 saturated carbocycles. The molecule has 1 aliphatic heterocycles. The average Bonchev–Trinajstić information content (AvgIpc) is 2.88. The van der Waals surface area contributed by atoms with Crippen LogP contribution in [0.1, 0.15) is 13.8 Å². The Labute approximate surface area is 135 Å². The molecule has 0 unspecified atom stereocenters. The van der Waals surface area contributed by atoms with Crippen molar-refractivity contribution >= 4 is 27.4 Å². The Bertz CT molecular complexity index is 1010. The first-order valence-electron chi connectivity index (χ1n) is 7.25. The number of rotatable bonds is 2. The number of thiophene rings is 1. The molecule has 1 saturated heterocycles. The molecule has 0 bridgehead atoms. The first kappa shape index (κ1) is 14.1. The molecule has 3 aromatic heterocycles. The molecule has 1 aliphatic rings. The lowest BCUT2D eigenvalue weighted by molar-refractivity contribution is 0.275. The molecule has 23 heavy (non-hydrogen) atoms. The van der Waals surface area contributed by atoms with E-state index in [9.17, 15) is 9.59 Å². The summed E-state index contributed by atoms with van der Waals surface area (Å²) in [5, 5.41) is 0.939. The number of fused-ring (bicyclic) bond motifs is 1. The summed E-state index contributed by atoms with van der Waals surface area (Å²) in [6.45, 7) is 6.34. The topological polar surface area (TPSA) is 94.7 Å². The van der Waals surface area contributed by atoms with Crippen molar-refractivity contribution in [2.75, 3.05) is 18.0 Å². The summed E-state index contributed by atoms with van der Waals surface area (Å²) >= 11 is 1.42. The lowest BCUT2D eigenvalue weighted by Gasteiger charge is -2.46. The van der Waals surface area contributed by atoms with Crippen molar-refractivity contribution in [1.82, 2.24) is 19.9 Å². The SMILES string of the molecule is CC1(C)CN(c2ncnc3sc(-c4c[nH]c(=O)[nH]c4=O)cc23)C1. The van der Waals surface area contributed by atoms with E-state index >= 15 is 0 Å². The maximum Gasteiger partial charge on any atom is 0.325 e. The first-order valence-corrected chi connectivity index (χ1v) is 8.06. The van der Waals surface area contributed by atoms with Gasteiger partial charge in [-0.2, -0.15) is 0 Å². The Morgan fingerprint density at radius 1 is 1.26 bits per heavy atom. The summed E-state index contributed by atoms with van der Waals surface area (Å²) in [5.41, 5.74) is -0.183. The van der Waals surface area contributed by atoms with Gasteiger partial charge in [0.25, 0.3) is 5.56 Å². The Morgan fingerprint density at radius 2 is 2.04 bits per heavy atom. The molecular weight excluding hydrogens is 314 g/mol. The van der Waals surface area contributed by atoms with Gasteiger partial charge in [0.1, 0.15) is 17.0 Å². The third-order valence-corrected chi connectivity index (χ3v) is 5.01. The monoisotopic (exact) mass is 329 g/mol. The van der Waals surface area contributed by atoms with E-state index in [2.05, 4.69) is 38.7 Å². The highest BCUT2D eigenvalue weighted by Gasteiger charge is 2.35. The minimum absolute atomic E-state index is 0.298. The van der Waals surface area contributed by atoms with Gasteiger partial charge in [0.15, 0.2) is 0 Å². The van der Waals surface area contributed by atoms with Crippen molar-refractivity contribution in [3.8, 4) is 10.4 Å². The summed E-state index contributed by atoms with van der Waals surface area (Å²) < 4.78 is 0. The van der Waals surface area contributed by atoms with E-state index in [0.717, 1.165) is 34.0 Å². The van der Waals surface area contributed by atoms with Crippen LogP contribution >= 0.6 is 11.3 Å². The molecule has 1 fully saturated rings. The van der Waals surface area contributed by atoms with Gasteiger partial charge in [-0.1, -0.05) is 13.8 Å². The van der Waals surface area contributed by atoms with E-state index < -0.39 is 11.2 Å². The molecule has 4 heterocycles. The smallest absolute Gasteiger partial charge is 0.325 e. The fourth-order valence-corrected chi connectivity index (χ4v) is 3.96. The largest absolute Gasteiger partial charge is 0.355 e. The van der Waals surface area contributed by atoms with Gasteiger partial charge < -0.3 is 9.88 Å². The van der Waals surface area contributed by atoms with Gasteiger partial charge in [0, 0.05) is 24.2 Å². The molecule has 0 spiro atoms. The fraction of sp³-hybridized carbons (Fsp3) is 0.333. The maximum atomic E-state index is 12.0. The van der Waals surface area contributed by atoms with Gasteiger partial charge in [0.05, 0.1) is 10.9 Å². The van der Waals surface area contributed by atoms with Crippen molar-refractivity contribution in [2.24, 2.45) is 5.41 Å². The maximum absolute atomic E-state index is 12.0. The molecule has 0 amide bonds. The summed E-state index contributed by atoms with van der Waals surface area (Å²) in [5.74, 6) is 0.901. The van der Waals surface area contributed by atoms with Crippen molar-refractivity contribution in [2.45, 2.75) is 13.8 Å². The van der Waals surface area contributed by atoms with Gasteiger partial charge in [-0.05, 0) is 11.5 Å². The van der Waals surface area contributed by atoms with E-state index in [1.54, 1.807) is 6.33 Å². The summed E-state index contributed by atoms with van der Waals surface area (Å²) in [7, 11) is 0. The zero-order chi connectivity index (χ0) is 16.2.